The number of hydrogen-bond donors (Lipinski definition) is 1. The van der Waals surface area contributed by atoms with Crippen LogP contribution in [0.25, 0.3) is 5.57 Å². The number of phenolic OH excluding ortho intramolecular Hbond substituents is 1. The number of rotatable bonds is 9. The molecule has 24 heavy (non-hydrogen) atoms. The standard InChI is InChI=1S/C22H28O2/c1-3-5-17-24-22-15-11-20(12-16-22)19(6-4-2)10-7-18-8-13-21(23)14-9-18/h6,8-9,11-16,23H,3-5,7,10,17H2,1-2H3. The molecule has 0 aliphatic carbocycles. The molecule has 0 bridgehead atoms. The van der Waals surface area contributed by atoms with Crippen molar-refractivity contribution in [3.8, 4) is 11.5 Å². The third-order valence-corrected chi connectivity index (χ3v) is 4.06. The second kappa shape index (κ2) is 9.82. The molecule has 0 atom stereocenters. The van der Waals surface area contributed by atoms with E-state index < -0.39 is 0 Å². The molecule has 0 aliphatic rings. The van der Waals surface area contributed by atoms with E-state index in [-0.39, 0.29) is 0 Å². The van der Waals surface area contributed by atoms with Gasteiger partial charge in [0.05, 0.1) is 6.61 Å². The zero-order valence-corrected chi connectivity index (χ0v) is 14.8. The lowest BCUT2D eigenvalue weighted by atomic mass is 9.97. The van der Waals surface area contributed by atoms with Gasteiger partial charge >= 0.3 is 0 Å². The molecule has 0 saturated heterocycles. The molecule has 0 fully saturated rings. The third-order valence-electron chi connectivity index (χ3n) is 4.06. The Morgan fingerprint density at radius 1 is 1.00 bits per heavy atom. The average molecular weight is 324 g/mol. The van der Waals surface area contributed by atoms with Crippen molar-refractivity contribution in [2.75, 3.05) is 6.61 Å². The van der Waals surface area contributed by atoms with Crippen LogP contribution >= 0.6 is 0 Å². The Labute approximate surface area is 145 Å². The molecule has 0 aromatic heterocycles. The molecular formula is C22H28O2. The molecule has 0 radical (unpaired) electrons. The average Bonchev–Trinajstić information content (AvgIpc) is 2.61. The number of ether oxygens (including phenoxy) is 1. The van der Waals surface area contributed by atoms with Crippen molar-refractivity contribution in [1.82, 2.24) is 0 Å². The first-order chi connectivity index (χ1) is 11.7. The topological polar surface area (TPSA) is 29.5 Å². The zero-order chi connectivity index (χ0) is 17.2. The van der Waals surface area contributed by atoms with Gasteiger partial charge in [-0.3, -0.25) is 0 Å². The van der Waals surface area contributed by atoms with Crippen LogP contribution in [0, 0.1) is 0 Å². The van der Waals surface area contributed by atoms with Crippen molar-refractivity contribution in [1.29, 1.82) is 0 Å². The lowest BCUT2D eigenvalue weighted by molar-refractivity contribution is 0.309. The molecular weight excluding hydrogens is 296 g/mol. The zero-order valence-electron chi connectivity index (χ0n) is 14.8. The number of allylic oxidation sites excluding steroid dienone is 2. The van der Waals surface area contributed by atoms with Gasteiger partial charge in [-0.05, 0) is 66.6 Å². The van der Waals surface area contributed by atoms with E-state index in [2.05, 4.69) is 44.2 Å². The Morgan fingerprint density at radius 2 is 1.71 bits per heavy atom. The normalized spacial score (nSPS) is 11.5. The van der Waals surface area contributed by atoms with Gasteiger partial charge in [-0.25, -0.2) is 0 Å². The number of aryl methyl sites for hydroxylation is 1. The third kappa shape index (κ3) is 5.77. The van der Waals surface area contributed by atoms with Gasteiger partial charge in [0.15, 0.2) is 0 Å². The van der Waals surface area contributed by atoms with E-state index in [0.717, 1.165) is 44.5 Å². The maximum Gasteiger partial charge on any atom is 0.119 e. The van der Waals surface area contributed by atoms with Crippen LogP contribution in [-0.2, 0) is 6.42 Å². The van der Waals surface area contributed by atoms with Crippen LogP contribution in [0.4, 0.5) is 0 Å². The minimum absolute atomic E-state index is 0.321. The van der Waals surface area contributed by atoms with Crippen molar-refractivity contribution in [2.45, 2.75) is 46.0 Å². The number of unbranched alkanes of at least 4 members (excludes halogenated alkanes) is 1. The summed E-state index contributed by atoms with van der Waals surface area (Å²) in [5.74, 6) is 1.27. The van der Waals surface area contributed by atoms with Gasteiger partial charge in [0.2, 0.25) is 0 Å². The van der Waals surface area contributed by atoms with Gasteiger partial charge in [0, 0.05) is 0 Å². The Hall–Kier alpha value is -2.22. The van der Waals surface area contributed by atoms with Crippen LogP contribution in [0.5, 0.6) is 11.5 Å². The maximum absolute atomic E-state index is 9.38. The van der Waals surface area contributed by atoms with Crippen LogP contribution in [-0.4, -0.2) is 11.7 Å². The van der Waals surface area contributed by atoms with E-state index in [9.17, 15) is 5.11 Å². The maximum atomic E-state index is 9.38. The summed E-state index contributed by atoms with van der Waals surface area (Å²) in [6.07, 6.45) is 7.54. The quantitative estimate of drug-likeness (QED) is 0.573. The molecule has 0 heterocycles. The van der Waals surface area contributed by atoms with Gasteiger partial charge in [-0.15, -0.1) is 0 Å². The smallest absolute Gasteiger partial charge is 0.119 e. The van der Waals surface area contributed by atoms with E-state index in [0.29, 0.717) is 5.75 Å². The highest BCUT2D eigenvalue weighted by Crippen LogP contribution is 2.24. The minimum Gasteiger partial charge on any atom is -0.508 e. The Morgan fingerprint density at radius 3 is 2.33 bits per heavy atom. The molecule has 0 amide bonds. The Bertz CT molecular complexity index is 624. The largest absolute Gasteiger partial charge is 0.508 e. The molecule has 0 aliphatic heterocycles. The number of hydrogen-bond acceptors (Lipinski definition) is 2. The van der Waals surface area contributed by atoms with E-state index in [1.165, 1.54) is 16.7 Å². The second-order valence-corrected chi connectivity index (χ2v) is 6.03. The van der Waals surface area contributed by atoms with Crippen molar-refractivity contribution in [2.24, 2.45) is 0 Å². The summed E-state index contributed by atoms with van der Waals surface area (Å²) in [5, 5.41) is 9.38. The number of phenols is 1. The molecule has 2 rings (SSSR count). The van der Waals surface area contributed by atoms with E-state index in [1.54, 1.807) is 12.1 Å². The molecule has 2 heteroatoms. The molecule has 2 aromatic rings. The molecule has 2 nitrogen and oxygen atoms in total. The predicted octanol–water partition coefficient (Wildman–Crippen LogP) is 6.00. The first kappa shape index (κ1) is 18.1. The summed E-state index contributed by atoms with van der Waals surface area (Å²) >= 11 is 0. The Kier molecular flexibility index (Phi) is 7.41. The monoisotopic (exact) mass is 324 g/mol. The van der Waals surface area contributed by atoms with Gasteiger partial charge in [0.25, 0.3) is 0 Å². The van der Waals surface area contributed by atoms with Crippen LogP contribution < -0.4 is 4.74 Å². The summed E-state index contributed by atoms with van der Waals surface area (Å²) < 4.78 is 5.74. The Balaban J connectivity index is 1.99. The van der Waals surface area contributed by atoms with Gasteiger partial charge in [-0.1, -0.05) is 50.6 Å². The molecule has 0 spiro atoms. The fourth-order valence-corrected chi connectivity index (χ4v) is 2.65. The summed E-state index contributed by atoms with van der Waals surface area (Å²) in [6, 6.07) is 15.9. The second-order valence-electron chi connectivity index (χ2n) is 6.03. The van der Waals surface area contributed by atoms with Crippen LogP contribution in [0.1, 0.15) is 50.7 Å². The minimum atomic E-state index is 0.321. The first-order valence-corrected chi connectivity index (χ1v) is 8.93. The van der Waals surface area contributed by atoms with Crippen LogP contribution in [0.3, 0.4) is 0 Å². The van der Waals surface area contributed by atoms with E-state index in [1.807, 2.05) is 12.1 Å². The highest BCUT2D eigenvalue weighted by Gasteiger charge is 2.04. The molecule has 128 valence electrons. The van der Waals surface area contributed by atoms with Gasteiger partial charge in [-0.2, -0.15) is 0 Å². The van der Waals surface area contributed by atoms with Gasteiger partial charge < -0.3 is 9.84 Å². The highest BCUT2D eigenvalue weighted by molar-refractivity contribution is 5.66. The molecule has 1 N–H and O–H groups in total. The fourth-order valence-electron chi connectivity index (χ4n) is 2.65. The molecule has 0 unspecified atom stereocenters. The van der Waals surface area contributed by atoms with Crippen LogP contribution in [0.2, 0.25) is 0 Å². The summed E-state index contributed by atoms with van der Waals surface area (Å²) in [5.41, 5.74) is 3.87. The van der Waals surface area contributed by atoms with Crippen molar-refractivity contribution in [3.05, 3.63) is 65.7 Å². The summed E-state index contributed by atoms with van der Waals surface area (Å²) in [4.78, 5) is 0. The van der Waals surface area contributed by atoms with Crippen molar-refractivity contribution >= 4 is 5.57 Å². The van der Waals surface area contributed by atoms with E-state index >= 15 is 0 Å². The number of aromatic hydroxyl groups is 1. The van der Waals surface area contributed by atoms with Gasteiger partial charge in [0.1, 0.15) is 11.5 Å². The summed E-state index contributed by atoms with van der Waals surface area (Å²) in [7, 11) is 0. The predicted molar refractivity (Wildman–Crippen MR) is 102 cm³/mol. The lowest BCUT2D eigenvalue weighted by Gasteiger charge is -2.10. The SMILES string of the molecule is CCC=C(CCc1ccc(O)cc1)c1ccc(OCCCC)cc1. The molecule has 0 saturated carbocycles. The summed E-state index contributed by atoms with van der Waals surface area (Å²) in [6.45, 7) is 5.12. The van der Waals surface area contributed by atoms with Crippen LogP contribution in [0.15, 0.2) is 54.6 Å². The van der Waals surface area contributed by atoms with Crippen molar-refractivity contribution < 1.29 is 9.84 Å². The first-order valence-electron chi connectivity index (χ1n) is 8.93. The molecule has 2 aromatic carbocycles. The fraction of sp³-hybridized carbons (Fsp3) is 0.364. The lowest BCUT2D eigenvalue weighted by Crippen LogP contribution is -1.96. The van der Waals surface area contributed by atoms with E-state index in [4.69, 9.17) is 4.74 Å². The highest BCUT2D eigenvalue weighted by atomic mass is 16.5. The number of benzene rings is 2. The van der Waals surface area contributed by atoms with Crippen molar-refractivity contribution in [3.63, 3.8) is 0 Å².